The van der Waals surface area contributed by atoms with Crippen molar-refractivity contribution in [3.63, 3.8) is 0 Å². The number of fused-ring (bicyclic) bond motifs is 2. The lowest BCUT2D eigenvalue weighted by Crippen LogP contribution is -2.45. The molecule has 0 spiro atoms. The molecule has 3 N–H and O–H groups in total. The van der Waals surface area contributed by atoms with Gasteiger partial charge in [-0.25, -0.2) is 4.79 Å². The van der Waals surface area contributed by atoms with Crippen LogP contribution in [0.1, 0.15) is 44.6 Å². The van der Waals surface area contributed by atoms with Crippen molar-refractivity contribution in [2.75, 3.05) is 19.1 Å². The van der Waals surface area contributed by atoms with Crippen molar-refractivity contribution in [1.29, 1.82) is 0 Å². The second-order valence-corrected chi connectivity index (χ2v) is 10.4. The molecule has 1 aromatic rings. The van der Waals surface area contributed by atoms with Gasteiger partial charge < -0.3 is 30.0 Å². The summed E-state index contributed by atoms with van der Waals surface area (Å²) in [5.41, 5.74) is -0.0438. The summed E-state index contributed by atoms with van der Waals surface area (Å²) in [5, 5.41) is 27.9. The molecule has 3 amide bonds. The van der Waals surface area contributed by atoms with Crippen LogP contribution in [0.5, 0.6) is 11.5 Å². The van der Waals surface area contributed by atoms with Crippen molar-refractivity contribution >= 4 is 35.2 Å². The zero-order valence-electron chi connectivity index (χ0n) is 20.3. The zero-order valence-corrected chi connectivity index (χ0v) is 21.2. The van der Waals surface area contributed by atoms with Gasteiger partial charge in [-0.3, -0.25) is 24.6 Å². The van der Waals surface area contributed by atoms with Gasteiger partial charge in [0.25, 0.3) is 5.69 Å². The molecule has 1 aromatic carbocycles. The molecule has 3 aliphatic rings. The average Bonchev–Trinajstić information content (AvgIpc) is 3.54. The SMILES string of the molecule is CC(=O)CCNC(=O)CCCCC1SCC2C1NC(=O)N2C(O)OCc1cc2c(cc1[N+](=O)[O-])OCO2. The third-order valence-electron chi connectivity index (χ3n) is 6.52. The molecule has 13 nitrogen and oxygen atoms in total. The molecule has 0 aromatic heterocycles. The number of ether oxygens (including phenoxy) is 3. The fourth-order valence-corrected chi connectivity index (χ4v) is 6.22. The smallest absolute Gasteiger partial charge is 0.322 e. The summed E-state index contributed by atoms with van der Waals surface area (Å²) in [5.74, 6) is 1.16. The molecule has 14 heteroatoms. The Labute approximate surface area is 217 Å². The Morgan fingerprint density at radius 2 is 2.08 bits per heavy atom. The number of nitro groups is 1. The van der Waals surface area contributed by atoms with E-state index in [-0.39, 0.29) is 59.4 Å². The number of unbranched alkanes of at least 4 members (excludes halogenated alkanes) is 1. The topological polar surface area (TPSA) is 170 Å². The normalized spacial score (nSPS) is 22.5. The molecule has 3 heterocycles. The molecular weight excluding hydrogens is 508 g/mol. The van der Waals surface area contributed by atoms with Crippen LogP contribution < -0.4 is 20.1 Å². The first-order chi connectivity index (χ1) is 17.7. The summed E-state index contributed by atoms with van der Waals surface area (Å²) < 4.78 is 15.9. The van der Waals surface area contributed by atoms with Gasteiger partial charge in [-0.05, 0) is 25.8 Å². The lowest BCUT2D eigenvalue weighted by atomic mass is 10.0. The van der Waals surface area contributed by atoms with Crippen LogP contribution in [0.15, 0.2) is 12.1 Å². The van der Waals surface area contributed by atoms with Crippen LogP contribution in [0.25, 0.3) is 0 Å². The molecular formula is C23H30N4O9S. The predicted molar refractivity (Wildman–Crippen MR) is 131 cm³/mol. The van der Waals surface area contributed by atoms with Crippen LogP contribution in [0, 0.1) is 10.1 Å². The maximum absolute atomic E-state index is 12.6. The van der Waals surface area contributed by atoms with Crippen molar-refractivity contribution in [3.8, 4) is 11.5 Å². The number of urea groups is 1. The van der Waals surface area contributed by atoms with E-state index in [1.807, 2.05) is 0 Å². The Kier molecular flexibility index (Phi) is 8.71. The largest absolute Gasteiger partial charge is 0.454 e. The van der Waals surface area contributed by atoms with Gasteiger partial charge in [0, 0.05) is 30.4 Å². The minimum absolute atomic E-state index is 0.0329. The number of amides is 3. The Balaban J connectivity index is 1.25. The number of hydrogen-bond acceptors (Lipinski definition) is 10. The molecule has 4 rings (SSSR count). The van der Waals surface area contributed by atoms with Crippen molar-refractivity contribution in [2.24, 2.45) is 0 Å². The molecule has 0 aliphatic carbocycles. The van der Waals surface area contributed by atoms with Gasteiger partial charge in [0.05, 0.1) is 35.2 Å². The Hall–Kier alpha value is -3.10. The van der Waals surface area contributed by atoms with Gasteiger partial charge in [0.15, 0.2) is 11.5 Å². The summed E-state index contributed by atoms with van der Waals surface area (Å²) in [6, 6.07) is 1.75. The second kappa shape index (κ2) is 12.0. The number of thioether (sulfide) groups is 1. The standard InChI is InChI=1S/C23H30N4O9S/c1-13(28)6-7-24-20(29)5-3-2-4-19-21-16(11-37-19)26(22(30)25-21)23(31)34-10-14-8-17-18(36-12-35-17)9-15(14)27(32)33/h8-9,16,19,21,23,31H,2-7,10-12H2,1H3,(H,24,29)(H,25,30). The van der Waals surface area contributed by atoms with E-state index in [2.05, 4.69) is 10.6 Å². The van der Waals surface area contributed by atoms with E-state index in [0.717, 1.165) is 12.8 Å². The van der Waals surface area contributed by atoms with Gasteiger partial charge in [0.2, 0.25) is 19.1 Å². The molecule has 2 fully saturated rings. The summed E-state index contributed by atoms with van der Waals surface area (Å²) in [6.45, 7) is 1.49. The number of nitrogens with one attached hydrogen (secondary N) is 2. The number of Topliss-reactive ketones (excluding diaryl/α,β-unsaturated/α-hetero) is 1. The Bertz CT molecular complexity index is 1060. The summed E-state index contributed by atoms with van der Waals surface area (Å²) >= 11 is 1.69. The van der Waals surface area contributed by atoms with Gasteiger partial charge in [-0.15, -0.1) is 0 Å². The molecule has 0 bridgehead atoms. The molecule has 202 valence electrons. The maximum Gasteiger partial charge on any atom is 0.322 e. The number of aliphatic hydroxyl groups excluding tert-OH is 1. The third-order valence-corrected chi connectivity index (χ3v) is 8.01. The minimum atomic E-state index is -1.59. The van der Waals surface area contributed by atoms with E-state index in [9.17, 15) is 29.6 Å². The molecule has 0 radical (unpaired) electrons. The monoisotopic (exact) mass is 538 g/mol. The number of benzene rings is 1. The fraction of sp³-hybridized carbons (Fsp3) is 0.609. The van der Waals surface area contributed by atoms with Crippen molar-refractivity contribution in [1.82, 2.24) is 15.5 Å². The molecule has 3 aliphatic heterocycles. The predicted octanol–water partition coefficient (Wildman–Crippen LogP) is 1.65. The molecule has 4 atom stereocenters. The number of carbonyl (C=O) groups excluding carboxylic acids is 3. The van der Waals surface area contributed by atoms with Crippen LogP contribution in [0.2, 0.25) is 0 Å². The van der Waals surface area contributed by atoms with Crippen LogP contribution in [0.3, 0.4) is 0 Å². The van der Waals surface area contributed by atoms with Crippen LogP contribution in [-0.2, 0) is 20.9 Å². The number of rotatable bonds is 13. The highest BCUT2D eigenvalue weighted by molar-refractivity contribution is 8.00. The number of aliphatic hydroxyl groups is 1. The zero-order chi connectivity index (χ0) is 26.5. The van der Waals surface area contributed by atoms with Crippen LogP contribution in [-0.4, -0.2) is 75.5 Å². The second-order valence-electron chi connectivity index (χ2n) is 9.10. The summed E-state index contributed by atoms with van der Waals surface area (Å²) in [7, 11) is 0. The van der Waals surface area contributed by atoms with E-state index >= 15 is 0 Å². The van der Waals surface area contributed by atoms with Crippen LogP contribution in [0.4, 0.5) is 10.5 Å². The Morgan fingerprint density at radius 3 is 2.81 bits per heavy atom. The van der Waals surface area contributed by atoms with E-state index in [1.54, 1.807) is 11.8 Å². The minimum Gasteiger partial charge on any atom is -0.454 e. The van der Waals surface area contributed by atoms with Gasteiger partial charge in [0.1, 0.15) is 5.78 Å². The van der Waals surface area contributed by atoms with Crippen molar-refractivity contribution in [3.05, 3.63) is 27.8 Å². The number of ketones is 1. The van der Waals surface area contributed by atoms with Crippen molar-refractivity contribution < 1.29 is 38.6 Å². The first-order valence-corrected chi connectivity index (χ1v) is 13.1. The van der Waals surface area contributed by atoms with Gasteiger partial charge >= 0.3 is 6.03 Å². The average molecular weight is 539 g/mol. The summed E-state index contributed by atoms with van der Waals surface area (Å²) in [4.78, 5) is 47.6. The first-order valence-electron chi connectivity index (χ1n) is 12.1. The molecule has 4 unspecified atom stereocenters. The quantitative estimate of drug-likeness (QED) is 0.110. The van der Waals surface area contributed by atoms with E-state index < -0.39 is 17.4 Å². The van der Waals surface area contributed by atoms with Crippen molar-refractivity contribution in [2.45, 2.75) is 69.4 Å². The van der Waals surface area contributed by atoms with Crippen LogP contribution >= 0.6 is 11.8 Å². The fourth-order valence-electron chi connectivity index (χ4n) is 4.62. The number of carbonyl (C=O) groups is 3. The highest BCUT2D eigenvalue weighted by Gasteiger charge is 2.50. The Morgan fingerprint density at radius 1 is 1.32 bits per heavy atom. The molecule has 37 heavy (non-hydrogen) atoms. The lowest BCUT2D eigenvalue weighted by Gasteiger charge is -2.27. The number of hydrogen-bond donors (Lipinski definition) is 3. The van der Waals surface area contributed by atoms with E-state index in [4.69, 9.17) is 14.2 Å². The molecule has 0 saturated carbocycles. The van der Waals surface area contributed by atoms with E-state index in [0.29, 0.717) is 37.3 Å². The lowest BCUT2D eigenvalue weighted by molar-refractivity contribution is -0.386. The highest BCUT2D eigenvalue weighted by atomic mass is 32.2. The van der Waals surface area contributed by atoms with Gasteiger partial charge in [-0.1, -0.05) is 6.42 Å². The number of nitro benzene ring substituents is 1. The van der Waals surface area contributed by atoms with E-state index in [1.165, 1.54) is 24.0 Å². The first kappa shape index (κ1) is 26.9. The van der Waals surface area contributed by atoms with Gasteiger partial charge in [-0.2, -0.15) is 11.8 Å². The molecule has 2 saturated heterocycles. The summed E-state index contributed by atoms with van der Waals surface area (Å²) in [6.07, 6.45) is 1.40. The number of nitrogens with zero attached hydrogens (tertiary/aromatic N) is 2. The highest BCUT2D eigenvalue weighted by Crippen LogP contribution is 2.40. The maximum atomic E-state index is 12.6. The third kappa shape index (κ3) is 6.43.